The van der Waals surface area contributed by atoms with Gasteiger partial charge in [0.05, 0.1) is 0 Å². The van der Waals surface area contributed by atoms with Crippen LogP contribution in [0.2, 0.25) is 0 Å². The Morgan fingerprint density at radius 3 is 0.707 bits per heavy atom. The number of hydrogen-bond acceptors (Lipinski definition) is 6. The predicted molar refractivity (Wildman–Crippen MR) is 358 cm³/mol. The Bertz CT molecular complexity index is 1460. The van der Waals surface area contributed by atoms with Crippen LogP contribution in [0.5, 0.6) is 0 Å². The van der Waals surface area contributed by atoms with E-state index in [1.165, 1.54) is 270 Å². The molecular weight excluding hydrogens is 1010 g/mol. The Morgan fingerprint density at radius 2 is 0.439 bits per heavy atom. The van der Waals surface area contributed by atoms with Gasteiger partial charge in [0.25, 0.3) is 0 Å². The molecule has 0 aliphatic heterocycles. The minimum Gasteiger partial charge on any atom is -0.462 e. The highest BCUT2D eigenvalue weighted by Crippen LogP contribution is 2.18. The minimum atomic E-state index is -0.779. The van der Waals surface area contributed by atoms with Gasteiger partial charge in [-0.25, -0.2) is 0 Å². The van der Waals surface area contributed by atoms with E-state index >= 15 is 0 Å². The molecule has 6 nitrogen and oxygen atoms in total. The number of unbranched alkanes of at least 4 members (excludes halogenated alkanes) is 46. The number of rotatable bonds is 67. The lowest BCUT2D eigenvalue weighted by Gasteiger charge is -2.18. The average molecular weight is 1150 g/mol. The van der Waals surface area contributed by atoms with Gasteiger partial charge >= 0.3 is 17.9 Å². The number of carbonyl (C=O) groups is 3. The maximum Gasteiger partial charge on any atom is 0.306 e. The quantitative estimate of drug-likeness (QED) is 0.0261. The fourth-order valence-electron chi connectivity index (χ4n) is 10.7. The Balaban J connectivity index is 4.19. The second-order valence-corrected chi connectivity index (χ2v) is 24.5. The zero-order valence-corrected chi connectivity index (χ0v) is 55.0. The molecular formula is C76H138O6. The fourth-order valence-corrected chi connectivity index (χ4v) is 10.7. The Kier molecular flexibility index (Phi) is 68.1. The Labute approximate surface area is 510 Å². The van der Waals surface area contributed by atoms with Crippen LogP contribution >= 0.6 is 0 Å². The number of hydrogen-bond donors (Lipinski definition) is 0. The number of allylic oxidation sites excluding steroid dienone is 10. The lowest BCUT2D eigenvalue weighted by Crippen LogP contribution is -2.30. The van der Waals surface area contributed by atoms with Crippen molar-refractivity contribution in [1.29, 1.82) is 0 Å². The first kappa shape index (κ1) is 79.1. The third kappa shape index (κ3) is 67.9. The van der Waals surface area contributed by atoms with Gasteiger partial charge in [0.1, 0.15) is 13.2 Å². The third-order valence-electron chi connectivity index (χ3n) is 16.2. The van der Waals surface area contributed by atoms with Gasteiger partial charge in [-0.15, -0.1) is 0 Å². The van der Waals surface area contributed by atoms with Crippen LogP contribution < -0.4 is 0 Å². The molecule has 82 heavy (non-hydrogen) atoms. The molecule has 1 atom stereocenters. The van der Waals surface area contributed by atoms with E-state index in [0.29, 0.717) is 19.3 Å². The maximum atomic E-state index is 13.0. The summed E-state index contributed by atoms with van der Waals surface area (Å²) >= 11 is 0. The molecule has 0 aromatic rings. The average Bonchev–Trinajstić information content (AvgIpc) is 3.47. The molecule has 0 fully saturated rings. The molecule has 0 aromatic heterocycles. The third-order valence-corrected chi connectivity index (χ3v) is 16.2. The molecule has 0 aliphatic rings. The summed E-state index contributed by atoms with van der Waals surface area (Å²) in [6, 6.07) is 0. The van der Waals surface area contributed by atoms with Crippen LogP contribution in [0, 0.1) is 0 Å². The second-order valence-electron chi connectivity index (χ2n) is 24.5. The van der Waals surface area contributed by atoms with Crippen molar-refractivity contribution in [3.8, 4) is 0 Å². The van der Waals surface area contributed by atoms with Crippen molar-refractivity contribution in [2.75, 3.05) is 13.2 Å². The summed E-state index contributed by atoms with van der Waals surface area (Å²) in [5.41, 5.74) is 0. The van der Waals surface area contributed by atoms with Crippen molar-refractivity contribution in [2.24, 2.45) is 0 Å². The molecule has 6 heteroatoms. The van der Waals surface area contributed by atoms with Gasteiger partial charge in [0.15, 0.2) is 6.10 Å². The SMILES string of the molecule is CCCCC/C=C\CCCCCCCC(=O)OCC(COC(=O)CCCCCCCCCCCCCCCCCCC/C=C\C/C=C\CCCCCCC)OC(=O)CCCCCCCCCCCCC/C=C\C/C=C\CCCCCCC. The second kappa shape index (κ2) is 70.6. The summed E-state index contributed by atoms with van der Waals surface area (Å²) in [4.78, 5) is 38.4. The van der Waals surface area contributed by atoms with E-state index < -0.39 is 6.10 Å². The lowest BCUT2D eigenvalue weighted by atomic mass is 10.0. The monoisotopic (exact) mass is 1150 g/mol. The summed E-state index contributed by atoms with van der Waals surface area (Å²) in [5.74, 6) is -0.863. The molecule has 1 unspecified atom stereocenters. The van der Waals surface area contributed by atoms with Crippen LogP contribution in [0.3, 0.4) is 0 Å². The van der Waals surface area contributed by atoms with E-state index in [2.05, 4.69) is 81.5 Å². The number of carbonyl (C=O) groups excluding carboxylic acids is 3. The molecule has 0 radical (unpaired) electrons. The molecule has 0 saturated carbocycles. The summed E-state index contributed by atoms with van der Waals surface area (Å²) in [5, 5.41) is 0. The van der Waals surface area contributed by atoms with Crippen LogP contribution in [0.1, 0.15) is 387 Å². The van der Waals surface area contributed by atoms with Gasteiger partial charge in [0, 0.05) is 19.3 Å². The first-order valence-electron chi connectivity index (χ1n) is 36.3. The molecule has 0 spiro atoms. The first-order valence-corrected chi connectivity index (χ1v) is 36.3. The number of esters is 3. The summed E-state index contributed by atoms with van der Waals surface area (Å²) in [7, 11) is 0. The molecule has 0 aromatic carbocycles. The first-order chi connectivity index (χ1) is 40.5. The molecule has 0 rings (SSSR count). The van der Waals surface area contributed by atoms with Gasteiger partial charge in [-0.05, 0) is 109 Å². The van der Waals surface area contributed by atoms with Crippen LogP contribution in [-0.2, 0) is 28.6 Å². The highest BCUT2D eigenvalue weighted by atomic mass is 16.6. The van der Waals surface area contributed by atoms with E-state index in [9.17, 15) is 14.4 Å². The zero-order valence-electron chi connectivity index (χ0n) is 55.0. The van der Waals surface area contributed by atoms with E-state index in [1.54, 1.807) is 0 Å². The van der Waals surface area contributed by atoms with Crippen molar-refractivity contribution in [1.82, 2.24) is 0 Å². The maximum absolute atomic E-state index is 13.0. The lowest BCUT2D eigenvalue weighted by molar-refractivity contribution is -0.167. The van der Waals surface area contributed by atoms with Crippen molar-refractivity contribution in [2.45, 2.75) is 393 Å². The fraction of sp³-hybridized carbons (Fsp3) is 0.829. The van der Waals surface area contributed by atoms with E-state index in [-0.39, 0.29) is 31.1 Å². The van der Waals surface area contributed by atoms with Crippen molar-refractivity contribution in [3.05, 3.63) is 60.8 Å². The van der Waals surface area contributed by atoms with Crippen LogP contribution in [0.4, 0.5) is 0 Å². The van der Waals surface area contributed by atoms with E-state index in [1.807, 2.05) is 0 Å². The standard InChI is InChI=1S/C76H138O6/c1-4-7-10-13-16-19-22-25-27-29-31-33-35-36-37-38-39-40-42-43-45-47-49-51-54-57-60-63-66-69-75(78)81-72-73(71-80-74(77)68-65-62-59-56-53-24-21-18-15-12-9-6-3)82-76(79)70-67-64-61-58-55-52-50-48-46-44-41-34-32-30-28-26-23-20-17-14-11-8-5-2/h18,21-23,25-26,29-32,73H,4-17,19-20,24,27-28,33-72H2,1-3H3/b21-18-,25-22-,26-23-,31-29-,32-30-. The molecule has 0 amide bonds. The van der Waals surface area contributed by atoms with Gasteiger partial charge in [0.2, 0.25) is 0 Å². The van der Waals surface area contributed by atoms with Crippen molar-refractivity contribution < 1.29 is 28.6 Å². The normalized spacial score (nSPS) is 12.4. The van der Waals surface area contributed by atoms with Crippen LogP contribution in [0.25, 0.3) is 0 Å². The molecule has 478 valence electrons. The van der Waals surface area contributed by atoms with E-state index in [0.717, 1.165) is 77.0 Å². The van der Waals surface area contributed by atoms with Gasteiger partial charge in [-0.1, -0.05) is 319 Å². The molecule has 0 N–H and O–H groups in total. The van der Waals surface area contributed by atoms with Crippen LogP contribution in [-0.4, -0.2) is 37.2 Å². The van der Waals surface area contributed by atoms with Gasteiger partial charge in [-0.3, -0.25) is 14.4 Å². The molecule has 0 bridgehead atoms. The van der Waals surface area contributed by atoms with Gasteiger partial charge < -0.3 is 14.2 Å². The largest absolute Gasteiger partial charge is 0.462 e. The van der Waals surface area contributed by atoms with Gasteiger partial charge in [-0.2, -0.15) is 0 Å². The summed E-state index contributed by atoms with van der Waals surface area (Å²) in [6.07, 6.45) is 91.2. The zero-order chi connectivity index (χ0) is 59.2. The highest BCUT2D eigenvalue weighted by molar-refractivity contribution is 5.71. The predicted octanol–water partition coefficient (Wildman–Crippen LogP) is 25.1. The molecule has 0 aliphatic carbocycles. The Hall–Kier alpha value is -2.89. The van der Waals surface area contributed by atoms with Crippen LogP contribution in [0.15, 0.2) is 60.8 Å². The highest BCUT2D eigenvalue weighted by Gasteiger charge is 2.19. The topological polar surface area (TPSA) is 78.9 Å². The minimum absolute atomic E-state index is 0.0739. The van der Waals surface area contributed by atoms with Crippen molar-refractivity contribution in [3.63, 3.8) is 0 Å². The summed E-state index contributed by atoms with van der Waals surface area (Å²) in [6.45, 7) is 6.64. The molecule has 0 saturated heterocycles. The molecule has 0 heterocycles. The number of ether oxygens (including phenoxy) is 3. The van der Waals surface area contributed by atoms with Crippen molar-refractivity contribution >= 4 is 17.9 Å². The Morgan fingerprint density at radius 1 is 0.244 bits per heavy atom. The van der Waals surface area contributed by atoms with E-state index in [4.69, 9.17) is 14.2 Å². The smallest absolute Gasteiger partial charge is 0.306 e. The summed E-state index contributed by atoms with van der Waals surface area (Å²) < 4.78 is 17.0.